The molecule has 1 saturated heterocycles. The molecule has 0 aliphatic carbocycles. The first-order valence-electron chi connectivity index (χ1n) is 7.19. The van der Waals surface area contributed by atoms with Crippen LogP contribution in [0.1, 0.15) is 31.0 Å². The molecule has 2 heterocycles. The van der Waals surface area contributed by atoms with Crippen LogP contribution in [0.5, 0.6) is 0 Å². The van der Waals surface area contributed by atoms with Gasteiger partial charge in [-0.1, -0.05) is 34.1 Å². The summed E-state index contributed by atoms with van der Waals surface area (Å²) in [6, 6.07) is 11.0. The number of rotatable bonds is 3. The van der Waals surface area contributed by atoms with E-state index in [1.54, 1.807) is 0 Å². The lowest BCUT2D eigenvalue weighted by molar-refractivity contribution is 0.706. The minimum Gasteiger partial charge on any atom is -0.354 e. The Hall–Kier alpha value is -1.29. The fourth-order valence-corrected chi connectivity index (χ4v) is 3.65. The van der Waals surface area contributed by atoms with Crippen molar-refractivity contribution in [3.05, 3.63) is 41.6 Å². The number of nitrogens with zero attached hydrogens (tertiary/aromatic N) is 3. The number of aromatic nitrogens is 2. The largest absolute Gasteiger partial charge is 0.354 e. The molecule has 0 radical (unpaired) electrons. The fraction of sp³-hybridized carbons (Fsp3) is 0.438. The number of anilines is 1. The van der Waals surface area contributed by atoms with Crippen LogP contribution >= 0.6 is 15.9 Å². The summed E-state index contributed by atoms with van der Waals surface area (Å²) in [5, 5.41) is 5.63. The van der Waals surface area contributed by atoms with Gasteiger partial charge >= 0.3 is 0 Å². The van der Waals surface area contributed by atoms with Crippen molar-refractivity contribution in [3.63, 3.8) is 0 Å². The van der Waals surface area contributed by atoms with E-state index in [1.165, 1.54) is 24.2 Å². The molecular formula is C16H20BrN3. The molecule has 20 heavy (non-hydrogen) atoms. The topological polar surface area (TPSA) is 21.1 Å². The zero-order chi connectivity index (χ0) is 14.1. The molecule has 0 amide bonds. The van der Waals surface area contributed by atoms with Gasteiger partial charge in [0, 0.05) is 23.5 Å². The molecule has 1 aromatic heterocycles. The molecule has 1 aliphatic heterocycles. The molecule has 106 valence electrons. The Morgan fingerprint density at radius 2 is 2.05 bits per heavy atom. The predicted octanol–water partition coefficient (Wildman–Crippen LogP) is 4.06. The van der Waals surface area contributed by atoms with Gasteiger partial charge < -0.3 is 4.90 Å². The number of para-hydroxylation sites is 1. The molecule has 0 spiro atoms. The predicted molar refractivity (Wildman–Crippen MR) is 87.0 cm³/mol. The van der Waals surface area contributed by atoms with E-state index in [2.05, 4.69) is 63.6 Å². The number of benzene rings is 1. The lowest BCUT2D eigenvalue weighted by Gasteiger charge is -2.25. The van der Waals surface area contributed by atoms with Gasteiger partial charge in [0.05, 0.1) is 11.4 Å². The van der Waals surface area contributed by atoms with Crippen LogP contribution in [0.2, 0.25) is 0 Å². The maximum Gasteiger partial charge on any atom is 0.136 e. The average molecular weight is 334 g/mol. The standard InChI is InChI=1S/C16H20BrN3/c1-12-7-6-10-19(12)16-15(11-17)13(2)18-20(16)14-8-4-3-5-9-14/h3-5,8-9,12H,6-7,10-11H2,1-2H3. The average Bonchev–Trinajstić information content (AvgIpc) is 3.02. The summed E-state index contributed by atoms with van der Waals surface area (Å²) in [5.74, 6) is 1.26. The van der Waals surface area contributed by atoms with Crippen LogP contribution in [0, 0.1) is 6.92 Å². The van der Waals surface area contributed by atoms with Gasteiger partial charge in [-0.05, 0) is 38.8 Å². The van der Waals surface area contributed by atoms with Crippen molar-refractivity contribution in [3.8, 4) is 5.69 Å². The summed E-state index contributed by atoms with van der Waals surface area (Å²) in [5.41, 5.74) is 3.55. The Morgan fingerprint density at radius 1 is 1.30 bits per heavy atom. The molecule has 1 aliphatic rings. The molecule has 1 unspecified atom stereocenters. The smallest absolute Gasteiger partial charge is 0.136 e. The first kappa shape index (κ1) is 13.7. The van der Waals surface area contributed by atoms with Crippen molar-refractivity contribution in [2.45, 2.75) is 38.1 Å². The lowest BCUT2D eigenvalue weighted by Crippen LogP contribution is -2.29. The van der Waals surface area contributed by atoms with Gasteiger partial charge in [0.1, 0.15) is 5.82 Å². The van der Waals surface area contributed by atoms with Crippen molar-refractivity contribution in [2.24, 2.45) is 0 Å². The molecule has 3 nitrogen and oxygen atoms in total. The Morgan fingerprint density at radius 3 is 2.65 bits per heavy atom. The maximum absolute atomic E-state index is 4.78. The molecule has 1 atom stereocenters. The third kappa shape index (κ3) is 2.26. The normalized spacial score (nSPS) is 18.8. The zero-order valence-corrected chi connectivity index (χ0v) is 13.6. The highest BCUT2D eigenvalue weighted by molar-refractivity contribution is 9.08. The second-order valence-corrected chi connectivity index (χ2v) is 6.01. The highest BCUT2D eigenvalue weighted by atomic mass is 79.9. The molecule has 0 N–H and O–H groups in total. The van der Waals surface area contributed by atoms with Crippen LogP contribution < -0.4 is 4.90 Å². The second-order valence-electron chi connectivity index (χ2n) is 5.45. The fourth-order valence-electron chi connectivity index (χ4n) is 3.00. The van der Waals surface area contributed by atoms with Crippen LogP contribution in [0.25, 0.3) is 5.69 Å². The van der Waals surface area contributed by atoms with Crippen molar-refractivity contribution < 1.29 is 0 Å². The van der Waals surface area contributed by atoms with Crippen molar-refractivity contribution >= 4 is 21.7 Å². The Balaban J connectivity index is 2.15. The Labute approximate surface area is 128 Å². The van der Waals surface area contributed by atoms with E-state index in [4.69, 9.17) is 5.10 Å². The van der Waals surface area contributed by atoms with E-state index in [1.807, 2.05) is 6.07 Å². The number of alkyl halides is 1. The lowest BCUT2D eigenvalue weighted by atomic mass is 10.2. The van der Waals surface area contributed by atoms with Crippen molar-refractivity contribution in [1.29, 1.82) is 0 Å². The van der Waals surface area contributed by atoms with E-state index in [-0.39, 0.29) is 0 Å². The second kappa shape index (κ2) is 5.60. The van der Waals surface area contributed by atoms with E-state index >= 15 is 0 Å². The zero-order valence-electron chi connectivity index (χ0n) is 12.0. The van der Waals surface area contributed by atoms with Gasteiger partial charge in [-0.25, -0.2) is 4.68 Å². The maximum atomic E-state index is 4.78. The van der Waals surface area contributed by atoms with Gasteiger partial charge in [0.15, 0.2) is 0 Å². The summed E-state index contributed by atoms with van der Waals surface area (Å²) in [7, 11) is 0. The van der Waals surface area contributed by atoms with Crippen LogP contribution in [-0.4, -0.2) is 22.4 Å². The summed E-state index contributed by atoms with van der Waals surface area (Å²) in [4.78, 5) is 2.50. The van der Waals surface area contributed by atoms with Crippen LogP contribution in [0.3, 0.4) is 0 Å². The molecule has 0 saturated carbocycles. The Bertz CT molecular complexity index is 591. The Kier molecular flexibility index (Phi) is 3.83. The molecule has 4 heteroatoms. The molecule has 0 bridgehead atoms. The van der Waals surface area contributed by atoms with Crippen LogP contribution in [-0.2, 0) is 5.33 Å². The minimum absolute atomic E-state index is 0.589. The van der Waals surface area contributed by atoms with Gasteiger partial charge in [0.2, 0.25) is 0 Å². The van der Waals surface area contributed by atoms with Gasteiger partial charge in [-0.3, -0.25) is 0 Å². The third-order valence-electron chi connectivity index (χ3n) is 4.12. The number of halogens is 1. The molecule has 2 aromatic rings. The highest BCUT2D eigenvalue weighted by Gasteiger charge is 2.27. The van der Waals surface area contributed by atoms with Crippen LogP contribution in [0.15, 0.2) is 30.3 Å². The van der Waals surface area contributed by atoms with Crippen molar-refractivity contribution in [2.75, 3.05) is 11.4 Å². The highest BCUT2D eigenvalue weighted by Crippen LogP contribution is 2.33. The monoisotopic (exact) mass is 333 g/mol. The minimum atomic E-state index is 0.589. The van der Waals surface area contributed by atoms with Gasteiger partial charge in [-0.2, -0.15) is 5.10 Å². The summed E-state index contributed by atoms with van der Waals surface area (Å²) >= 11 is 3.63. The van der Waals surface area contributed by atoms with Gasteiger partial charge in [-0.15, -0.1) is 0 Å². The van der Waals surface area contributed by atoms with Crippen molar-refractivity contribution in [1.82, 2.24) is 9.78 Å². The molecule has 1 fully saturated rings. The quantitative estimate of drug-likeness (QED) is 0.789. The number of hydrogen-bond acceptors (Lipinski definition) is 2. The first-order valence-corrected chi connectivity index (χ1v) is 8.31. The molecule has 1 aromatic carbocycles. The number of hydrogen-bond donors (Lipinski definition) is 0. The van der Waals surface area contributed by atoms with E-state index in [0.29, 0.717) is 6.04 Å². The first-order chi connectivity index (χ1) is 9.72. The van der Waals surface area contributed by atoms with E-state index in [0.717, 1.165) is 23.3 Å². The summed E-state index contributed by atoms with van der Waals surface area (Å²) < 4.78 is 2.10. The third-order valence-corrected chi connectivity index (χ3v) is 4.68. The molecular weight excluding hydrogens is 314 g/mol. The number of aryl methyl sites for hydroxylation is 1. The SMILES string of the molecule is Cc1nn(-c2ccccc2)c(N2CCCC2C)c1CBr. The summed E-state index contributed by atoms with van der Waals surface area (Å²) in [6.07, 6.45) is 2.53. The summed E-state index contributed by atoms with van der Waals surface area (Å²) in [6.45, 7) is 5.53. The van der Waals surface area contributed by atoms with Crippen LogP contribution in [0.4, 0.5) is 5.82 Å². The van der Waals surface area contributed by atoms with E-state index < -0.39 is 0 Å². The molecule has 3 rings (SSSR count). The van der Waals surface area contributed by atoms with Gasteiger partial charge in [0.25, 0.3) is 0 Å². The van der Waals surface area contributed by atoms with E-state index in [9.17, 15) is 0 Å².